The molecule has 6 heteroatoms. The van der Waals surface area contributed by atoms with Crippen LogP contribution in [-0.2, 0) is 6.54 Å². The van der Waals surface area contributed by atoms with Gasteiger partial charge < -0.3 is 15.5 Å². The number of guanidine groups is 1. The van der Waals surface area contributed by atoms with Crippen LogP contribution in [-0.4, -0.2) is 44.1 Å². The van der Waals surface area contributed by atoms with Crippen LogP contribution < -0.4 is 10.6 Å². The van der Waals surface area contributed by atoms with E-state index in [2.05, 4.69) is 46.5 Å². The largest absolute Gasteiger partial charge is 0.356 e. The zero-order valence-corrected chi connectivity index (χ0v) is 17.7. The minimum Gasteiger partial charge on any atom is -0.356 e. The van der Waals surface area contributed by atoms with Gasteiger partial charge in [-0.15, -0.1) is 35.3 Å². The summed E-state index contributed by atoms with van der Waals surface area (Å²) in [6.07, 6.45) is 3.93. The molecule has 2 heterocycles. The number of rotatable bonds is 6. The summed E-state index contributed by atoms with van der Waals surface area (Å²) in [6.45, 7) is 10.0. The van der Waals surface area contributed by atoms with Gasteiger partial charge in [-0.05, 0) is 63.9 Å². The Morgan fingerprint density at radius 1 is 1.30 bits per heavy atom. The van der Waals surface area contributed by atoms with Crippen molar-refractivity contribution in [2.75, 3.05) is 33.2 Å². The van der Waals surface area contributed by atoms with Crippen LogP contribution in [0.2, 0.25) is 0 Å². The van der Waals surface area contributed by atoms with Crippen molar-refractivity contribution in [1.82, 2.24) is 15.5 Å². The first-order valence-electron chi connectivity index (χ1n) is 8.43. The lowest BCUT2D eigenvalue weighted by atomic mass is 9.93. The van der Waals surface area contributed by atoms with Crippen LogP contribution in [0.4, 0.5) is 0 Å². The van der Waals surface area contributed by atoms with Gasteiger partial charge in [0.25, 0.3) is 0 Å². The highest BCUT2D eigenvalue weighted by Crippen LogP contribution is 2.19. The number of nitrogens with one attached hydrogen (secondary N) is 2. The summed E-state index contributed by atoms with van der Waals surface area (Å²) < 4.78 is 0. The van der Waals surface area contributed by atoms with Crippen molar-refractivity contribution in [3.05, 3.63) is 21.9 Å². The Kier molecular flexibility index (Phi) is 10.1. The number of nitrogens with zero attached hydrogens (tertiary/aromatic N) is 2. The standard InChI is InChI=1S/C17H30N4S.HI/c1-4-21-11-8-15(9-12-21)7-10-19-17(18-3)20-13-16-6-5-14(2)22-16;/h5-6,15H,4,7-13H2,1-3H3,(H2,18,19,20);1H. The Bertz CT molecular complexity index is 467. The fraction of sp³-hybridized carbons (Fsp3) is 0.706. The third-order valence-corrected chi connectivity index (χ3v) is 5.45. The zero-order chi connectivity index (χ0) is 15.8. The van der Waals surface area contributed by atoms with E-state index >= 15 is 0 Å². The van der Waals surface area contributed by atoms with Gasteiger partial charge in [-0.25, -0.2) is 0 Å². The molecule has 0 saturated carbocycles. The Balaban J connectivity index is 0.00000264. The number of halogens is 1. The summed E-state index contributed by atoms with van der Waals surface area (Å²) in [7, 11) is 1.84. The van der Waals surface area contributed by atoms with Gasteiger partial charge in [0.05, 0.1) is 6.54 Å². The molecule has 2 rings (SSSR count). The van der Waals surface area contributed by atoms with E-state index in [1.165, 1.54) is 48.7 Å². The Morgan fingerprint density at radius 3 is 2.61 bits per heavy atom. The average Bonchev–Trinajstić information content (AvgIpc) is 2.96. The second-order valence-electron chi connectivity index (χ2n) is 6.03. The lowest BCUT2D eigenvalue weighted by molar-refractivity contribution is 0.187. The summed E-state index contributed by atoms with van der Waals surface area (Å²) in [5.41, 5.74) is 0. The average molecular weight is 450 g/mol. The maximum atomic E-state index is 4.31. The molecule has 0 aromatic carbocycles. The third kappa shape index (κ3) is 7.39. The van der Waals surface area contributed by atoms with Gasteiger partial charge in [0.2, 0.25) is 0 Å². The molecule has 0 atom stereocenters. The molecule has 1 aromatic heterocycles. The molecule has 0 amide bonds. The molecule has 0 bridgehead atoms. The van der Waals surface area contributed by atoms with Crippen molar-refractivity contribution in [2.45, 2.75) is 39.7 Å². The van der Waals surface area contributed by atoms with Crippen molar-refractivity contribution < 1.29 is 0 Å². The third-order valence-electron chi connectivity index (χ3n) is 4.45. The first-order valence-corrected chi connectivity index (χ1v) is 9.25. The van der Waals surface area contributed by atoms with Gasteiger partial charge in [-0.1, -0.05) is 6.92 Å². The molecule has 0 unspecified atom stereocenters. The van der Waals surface area contributed by atoms with Crippen molar-refractivity contribution in [1.29, 1.82) is 0 Å². The summed E-state index contributed by atoms with van der Waals surface area (Å²) in [6, 6.07) is 4.35. The smallest absolute Gasteiger partial charge is 0.191 e. The van der Waals surface area contributed by atoms with E-state index < -0.39 is 0 Å². The molecule has 1 aromatic rings. The lowest BCUT2D eigenvalue weighted by Crippen LogP contribution is -2.39. The minimum atomic E-state index is 0. The lowest BCUT2D eigenvalue weighted by Gasteiger charge is -2.31. The summed E-state index contributed by atoms with van der Waals surface area (Å²) in [5.74, 6) is 1.78. The summed E-state index contributed by atoms with van der Waals surface area (Å²) >= 11 is 1.84. The van der Waals surface area contributed by atoms with Gasteiger partial charge in [-0.2, -0.15) is 0 Å². The molecule has 0 spiro atoms. The number of aryl methyl sites for hydroxylation is 1. The fourth-order valence-corrected chi connectivity index (χ4v) is 3.79. The monoisotopic (exact) mass is 450 g/mol. The van der Waals surface area contributed by atoms with E-state index in [1.807, 2.05) is 18.4 Å². The molecular weight excluding hydrogens is 419 g/mol. The Morgan fingerprint density at radius 2 is 2.04 bits per heavy atom. The molecular formula is C17H31IN4S. The molecule has 0 aliphatic carbocycles. The number of hydrogen-bond acceptors (Lipinski definition) is 3. The topological polar surface area (TPSA) is 39.7 Å². The Labute approximate surface area is 162 Å². The van der Waals surface area contributed by atoms with Gasteiger partial charge in [0.1, 0.15) is 0 Å². The molecule has 4 nitrogen and oxygen atoms in total. The number of piperidine rings is 1. The predicted molar refractivity (Wildman–Crippen MR) is 112 cm³/mol. The molecule has 1 fully saturated rings. The predicted octanol–water partition coefficient (Wildman–Crippen LogP) is 3.46. The SMILES string of the molecule is CCN1CCC(CCNC(=NC)NCc2ccc(C)s2)CC1.I. The van der Waals surface area contributed by atoms with Crippen LogP contribution in [0.25, 0.3) is 0 Å². The molecule has 23 heavy (non-hydrogen) atoms. The molecule has 132 valence electrons. The van der Waals surface area contributed by atoms with E-state index in [-0.39, 0.29) is 24.0 Å². The van der Waals surface area contributed by atoms with E-state index in [4.69, 9.17) is 0 Å². The van der Waals surface area contributed by atoms with Gasteiger partial charge in [0, 0.05) is 23.3 Å². The molecule has 1 aliphatic rings. The Hall–Kier alpha value is -0.340. The maximum absolute atomic E-state index is 4.31. The number of thiophene rings is 1. The van der Waals surface area contributed by atoms with E-state index in [0.29, 0.717) is 0 Å². The van der Waals surface area contributed by atoms with E-state index in [9.17, 15) is 0 Å². The highest BCUT2D eigenvalue weighted by atomic mass is 127. The van der Waals surface area contributed by atoms with Crippen LogP contribution in [0.5, 0.6) is 0 Å². The van der Waals surface area contributed by atoms with Gasteiger partial charge in [-0.3, -0.25) is 4.99 Å². The first-order chi connectivity index (χ1) is 10.7. The highest BCUT2D eigenvalue weighted by Gasteiger charge is 2.17. The van der Waals surface area contributed by atoms with Crippen LogP contribution in [0.3, 0.4) is 0 Å². The second-order valence-corrected chi connectivity index (χ2v) is 7.40. The first kappa shape index (κ1) is 20.7. The van der Waals surface area contributed by atoms with E-state index in [1.54, 1.807) is 0 Å². The normalized spacial score (nSPS) is 16.9. The number of hydrogen-bond donors (Lipinski definition) is 2. The quantitative estimate of drug-likeness (QED) is 0.396. The summed E-state index contributed by atoms with van der Waals surface area (Å²) in [4.78, 5) is 9.57. The van der Waals surface area contributed by atoms with E-state index in [0.717, 1.165) is 25.0 Å². The van der Waals surface area contributed by atoms with Crippen LogP contribution in [0, 0.1) is 12.8 Å². The number of aliphatic imine (C=N–C) groups is 1. The van der Waals surface area contributed by atoms with Crippen molar-refractivity contribution >= 4 is 41.3 Å². The summed E-state index contributed by atoms with van der Waals surface area (Å²) in [5, 5.41) is 6.84. The van der Waals surface area contributed by atoms with Crippen molar-refractivity contribution in [3.63, 3.8) is 0 Å². The van der Waals surface area contributed by atoms with Crippen LogP contribution in [0.15, 0.2) is 17.1 Å². The van der Waals surface area contributed by atoms with Crippen LogP contribution >= 0.6 is 35.3 Å². The maximum Gasteiger partial charge on any atom is 0.191 e. The van der Waals surface area contributed by atoms with Gasteiger partial charge in [0.15, 0.2) is 5.96 Å². The zero-order valence-electron chi connectivity index (χ0n) is 14.6. The van der Waals surface area contributed by atoms with Crippen LogP contribution in [0.1, 0.15) is 35.9 Å². The molecule has 2 N–H and O–H groups in total. The highest BCUT2D eigenvalue weighted by molar-refractivity contribution is 14.0. The minimum absolute atomic E-state index is 0. The van der Waals surface area contributed by atoms with Crippen molar-refractivity contribution in [2.24, 2.45) is 10.9 Å². The number of likely N-dealkylation sites (tertiary alicyclic amines) is 1. The van der Waals surface area contributed by atoms with Gasteiger partial charge >= 0.3 is 0 Å². The molecule has 1 aliphatic heterocycles. The van der Waals surface area contributed by atoms with Crippen molar-refractivity contribution in [3.8, 4) is 0 Å². The second kappa shape index (κ2) is 11.3. The molecule has 0 radical (unpaired) electrons. The molecule has 1 saturated heterocycles. The fourth-order valence-electron chi connectivity index (χ4n) is 2.96.